The third-order valence-electron chi connectivity index (χ3n) is 5.22. The molecule has 0 aliphatic carbocycles. The molecule has 0 fully saturated rings. The van der Waals surface area contributed by atoms with Crippen molar-refractivity contribution in [3.63, 3.8) is 0 Å². The summed E-state index contributed by atoms with van der Waals surface area (Å²) in [6.07, 6.45) is 0.491. The highest BCUT2D eigenvalue weighted by molar-refractivity contribution is 5.86. The Morgan fingerprint density at radius 2 is 1.84 bits per heavy atom. The summed E-state index contributed by atoms with van der Waals surface area (Å²) >= 11 is 0. The molecule has 0 aliphatic heterocycles. The first-order valence-electron chi connectivity index (χ1n) is 9.72. The van der Waals surface area contributed by atoms with Gasteiger partial charge in [0.1, 0.15) is 23.0 Å². The van der Waals surface area contributed by atoms with Crippen molar-refractivity contribution >= 4 is 28.5 Å². The quantitative estimate of drug-likeness (QED) is 0.477. The number of fused-ring (bicyclic) bond motifs is 1. The third-order valence-corrected chi connectivity index (χ3v) is 5.22. The van der Waals surface area contributed by atoms with E-state index in [0.29, 0.717) is 28.9 Å². The number of nitrogens with two attached hydrogens (primary N) is 2. The zero-order chi connectivity index (χ0) is 22.1. The number of hydrogen-bond donors (Lipinski definition) is 2. The predicted octanol–water partition coefficient (Wildman–Crippen LogP) is 3.08. The molecular weight excluding hydrogens is 396 g/mol. The smallest absolute Gasteiger partial charge is 0.340 e. The number of carbonyl (C=O) groups is 1. The minimum absolute atomic E-state index is 0.133. The minimum Gasteiger partial charge on any atom is -0.483 e. The van der Waals surface area contributed by atoms with Gasteiger partial charge in [-0.05, 0) is 37.1 Å². The van der Waals surface area contributed by atoms with E-state index in [4.69, 9.17) is 20.6 Å². The van der Waals surface area contributed by atoms with Gasteiger partial charge in [0.05, 0.1) is 0 Å². The van der Waals surface area contributed by atoms with Crippen LogP contribution in [0.4, 0.5) is 11.6 Å². The van der Waals surface area contributed by atoms with Crippen molar-refractivity contribution in [1.82, 2.24) is 9.78 Å². The maximum Gasteiger partial charge on any atom is 0.340 e. The molecular formula is C23H22N4O4. The van der Waals surface area contributed by atoms with E-state index < -0.39 is 5.91 Å². The number of ether oxygens (including phenoxy) is 1. The van der Waals surface area contributed by atoms with E-state index >= 15 is 0 Å². The fourth-order valence-corrected chi connectivity index (χ4v) is 3.55. The summed E-state index contributed by atoms with van der Waals surface area (Å²) in [7, 11) is 0. The van der Waals surface area contributed by atoms with Gasteiger partial charge in [-0.15, -0.1) is 5.10 Å². The molecule has 2 aromatic heterocycles. The molecule has 0 radical (unpaired) electrons. The van der Waals surface area contributed by atoms with Crippen molar-refractivity contribution in [3.05, 3.63) is 81.2 Å². The number of aryl methyl sites for hydroxylation is 2. The predicted molar refractivity (Wildman–Crippen MR) is 118 cm³/mol. The van der Waals surface area contributed by atoms with E-state index in [1.165, 1.54) is 6.07 Å². The molecule has 0 saturated heterocycles. The van der Waals surface area contributed by atoms with Crippen LogP contribution in [0.2, 0.25) is 0 Å². The first-order chi connectivity index (χ1) is 14.8. The molecule has 4 aromatic rings. The summed E-state index contributed by atoms with van der Waals surface area (Å²) in [5, 5.41) is 4.67. The topological polar surface area (TPSA) is 126 Å². The lowest BCUT2D eigenvalue weighted by atomic mass is 9.98. The number of anilines is 2. The maximum atomic E-state index is 12.7. The first kappa shape index (κ1) is 20.2. The minimum atomic E-state index is -0.468. The summed E-state index contributed by atoms with van der Waals surface area (Å²) < 4.78 is 12.3. The van der Waals surface area contributed by atoms with Crippen molar-refractivity contribution in [2.24, 2.45) is 0 Å². The second kappa shape index (κ2) is 7.98. The van der Waals surface area contributed by atoms with Gasteiger partial charge in [0.2, 0.25) is 0 Å². The van der Waals surface area contributed by atoms with Crippen molar-refractivity contribution in [1.29, 1.82) is 0 Å². The average Bonchev–Trinajstić information content (AvgIpc) is 3.09. The van der Waals surface area contributed by atoms with Gasteiger partial charge in [-0.3, -0.25) is 4.79 Å². The standard InChI is InChI=1S/C23H22N4O4/c1-13-16-8-9-18(30-12-21(28)27-20(25)11-19(24)26-27)14(2)22(16)31-23(29)17(13)10-15-6-4-3-5-7-15/h3-9,11H,10,12,25H2,1-2H3,(H2,24,26). The number of nitrogens with zero attached hydrogens (tertiary/aromatic N) is 2. The first-order valence-corrected chi connectivity index (χ1v) is 9.72. The van der Waals surface area contributed by atoms with Gasteiger partial charge in [-0.2, -0.15) is 4.68 Å². The largest absolute Gasteiger partial charge is 0.483 e. The Hall–Kier alpha value is -4.07. The molecule has 2 aromatic carbocycles. The fourth-order valence-electron chi connectivity index (χ4n) is 3.55. The highest BCUT2D eigenvalue weighted by Crippen LogP contribution is 2.30. The third kappa shape index (κ3) is 3.87. The molecule has 8 nitrogen and oxygen atoms in total. The Bertz CT molecular complexity index is 1340. The molecule has 0 amide bonds. The Labute approximate surface area is 178 Å². The second-order valence-corrected chi connectivity index (χ2v) is 7.31. The molecule has 0 saturated carbocycles. The average molecular weight is 418 g/mol. The molecule has 31 heavy (non-hydrogen) atoms. The number of aromatic nitrogens is 2. The lowest BCUT2D eigenvalue weighted by Gasteiger charge is -2.13. The van der Waals surface area contributed by atoms with Crippen molar-refractivity contribution in [2.45, 2.75) is 20.3 Å². The Kier molecular flexibility index (Phi) is 5.21. The van der Waals surface area contributed by atoms with Crippen molar-refractivity contribution < 1.29 is 13.9 Å². The van der Waals surface area contributed by atoms with Crippen molar-refractivity contribution in [3.8, 4) is 5.75 Å². The number of carbonyl (C=O) groups excluding carboxylic acids is 1. The lowest BCUT2D eigenvalue weighted by molar-refractivity contribution is 0.0824. The van der Waals surface area contributed by atoms with E-state index in [0.717, 1.165) is 21.2 Å². The summed E-state index contributed by atoms with van der Waals surface area (Å²) in [6, 6.07) is 14.7. The molecule has 0 atom stereocenters. The Morgan fingerprint density at radius 1 is 1.10 bits per heavy atom. The zero-order valence-corrected chi connectivity index (χ0v) is 17.2. The molecule has 2 heterocycles. The van der Waals surface area contributed by atoms with Gasteiger partial charge in [-0.25, -0.2) is 4.79 Å². The van der Waals surface area contributed by atoms with Crippen molar-refractivity contribution in [2.75, 3.05) is 18.1 Å². The molecule has 0 spiro atoms. The summed E-state index contributed by atoms with van der Waals surface area (Å²) in [5.41, 5.74) is 14.5. The van der Waals surface area contributed by atoms with E-state index in [2.05, 4.69) is 5.10 Å². The molecule has 0 bridgehead atoms. The van der Waals surface area contributed by atoms with E-state index in [-0.39, 0.29) is 23.9 Å². The monoisotopic (exact) mass is 418 g/mol. The Balaban J connectivity index is 1.63. The van der Waals surface area contributed by atoms with Crippen LogP contribution in [-0.2, 0) is 6.42 Å². The summed E-state index contributed by atoms with van der Waals surface area (Å²) in [4.78, 5) is 25.0. The van der Waals surface area contributed by atoms with Crippen LogP contribution in [0.1, 0.15) is 27.0 Å². The van der Waals surface area contributed by atoms with Gasteiger partial charge in [0.25, 0.3) is 5.91 Å². The van der Waals surface area contributed by atoms with Crippen LogP contribution in [0.25, 0.3) is 11.0 Å². The number of hydrogen-bond acceptors (Lipinski definition) is 7. The molecule has 4 N–H and O–H groups in total. The van der Waals surface area contributed by atoms with Gasteiger partial charge in [0, 0.05) is 29.0 Å². The lowest BCUT2D eigenvalue weighted by Crippen LogP contribution is -2.22. The van der Waals surface area contributed by atoms with E-state index in [1.807, 2.05) is 43.3 Å². The van der Waals surface area contributed by atoms with E-state index in [9.17, 15) is 9.59 Å². The molecule has 8 heteroatoms. The van der Waals surface area contributed by atoms with Crippen LogP contribution in [-0.4, -0.2) is 22.3 Å². The van der Waals surface area contributed by atoms with Gasteiger partial charge < -0.3 is 20.6 Å². The normalized spacial score (nSPS) is 11.0. The molecule has 158 valence electrons. The molecule has 4 rings (SSSR count). The highest BCUT2D eigenvalue weighted by Gasteiger charge is 2.17. The van der Waals surface area contributed by atoms with Gasteiger partial charge in [-0.1, -0.05) is 30.3 Å². The molecule has 0 unspecified atom stereocenters. The van der Waals surface area contributed by atoms with Crippen LogP contribution in [0, 0.1) is 13.8 Å². The maximum absolute atomic E-state index is 12.7. The second-order valence-electron chi connectivity index (χ2n) is 7.31. The Morgan fingerprint density at radius 3 is 2.52 bits per heavy atom. The van der Waals surface area contributed by atoms with Crippen LogP contribution in [0.5, 0.6) is 5.75 Å². The van der Waals surface area contributed by atoms with Crippen LogP contribution in [0.15, 0.2) is 57.7 Å². The van der Waals surface area contributed by atoms with Crippen LogP contribution < -0.4 is 21.8 Å². The summed E-state index contributed by atoms with van der Waals surface area (Å²) in [6.45, 7) is 3.39. The number of rotatable bonds is 5. The highest BCUT2D eigenvalue weighted by atomic mass is 16.5. The summed E-state index contributed by atoms with van der Waals surface area (Å²) in [5.74, 6) is 0.243. The fraction of sp³-hybridized carbons (Fsp3) is 0.174. The number of benzene rings is 2. The number of nitrogen functional groups attached to an aromatic ring is 2. The van der Waals surface area contributed by atoms with Crippen LogP contribution in [0.3, 0.4) is 0 Å². The SMILES string of the molecule is Cc1c(Cc2ccccc2)c(=O)oc2c(C)c(OCC(=O)n3nc(N)cc3N)ccc12. The van der Waals surface area contributed by atoms with Crippen LogP contribution >= 0.6 is 0 Å². The van der Waals surface area contributed by atoms with E-state index in [1.54, 1.807) is 13.0 Å². The van der Waals surface area contributed by atoms with Gasteiger partial charge in [0.15, 0.2) is 6.61 Å². The van der Waals surface area contributed by atoms with Gasteiger partial charge >= 0.3 is 5.63 Å². The molecule has 0 aliphatic rings. The zero-order valence-electron chi connectivity index (χ0n) is 17.2.